The Kier molecular flexibility index (Phi) is 10.9. The summed E-state index contributed by atoms with van der Waals surface area (Å²) in [5, 5.41) is 0. The zero-order valence-corrected chi connectivity index (χ0v) is 37.7. The summed E-state index contributed by atoms with van der Waals surface area (Å²) in [6.07, 6.45) is 0. The fourth-order valence-electron chi connectivity index (χ4n) is 9.74. The molecule has 0 spiro atoms. The van der Waals surface area contributed by atoms with Crippen molar-refractivity contribution in [3.05, 3.63) is 278 Å². The molecular formula is C63H50N4. The zero-order chi connectivity index (χ0) is 45.2. The molecule has 0 aromatic heterocycles. The van der Waals surface area contributed by atoms with Crippen molar-refractivity contribution < 1.29 is 0 Å². The number of fused-ring (bicyclic) bond motifs is 3. The smallest absolute Gasteiger partial charge is 0.0465 e. The number of nitrogens with zero attached hydrogens (tertiary/aromatic N) is 4. The van der Waals surface area contributed by atoms with E-state index in [9.17, 15) is 0 Å². The second-order valence-corrected chi connectivity index (χ2v) is 17.5. The quantitative estimate of drug-likeness (QED) is 0.121. The van der Waals surface area contributed by atoms with Crippen LogP contribution in [0.3, 0.4) is 0 Å². The largest absolute Gasteiger partial charge is 0.311 e. The van der Waals surface area contributed by atoms with Crippen LogP contribution in [0.1, 0.15) is 25.0 Å². The van der Waals surface area contributed by atoms with Crippen molar-refractivity contribution in [2.24, 2.45) is 0 Å². The maximum absolute atomic E-state index is 2.41. The van der Waals surface area contributed by atoms with E-state index >= 15 is 0 Å². The number of hydrogen-bond donors (Lipinski definition) is 0. The van der Waals surface area contributed by atoms with Crippen LogP contribution in [0.4, 0.5) is 68.2 Å². The molecule has 10 aromatic rings. The van der Waals surface area contributed by atoms with E-state index in [1.807, 2.05) is 0 Å². The molecule has 0 N–H and O–H groups in total. The van der Waals surface area contributed by atoms with Crippen molar-refractivity contribution in [3.63, 3.8) is 0 Å². The molecule has 0 heterocycles. The highest BCUT2D eigenvalue weighted by molar-refractivity contribution is 5.89. The lowest BCUT2D eigenvalue weighted by molar-refractivity contribution is 0.660. The molecule has 10 aromatic carbocycles. The third-order valence-electron chi connectivity index (χ3n) is 13.0. The number of anilines is 12. The van der Waals surface area contributed by atoms with Gasteiger partial charge in [0.15, 0.2) is 0 Å². The number of benzene rings is 10. The molecule has 0 fully saturated rings. The second-order valence-electron chi connectivity index (χ2n) is 17.5. The minimum atomic E-state index is -0.271. The summed E-state index contributed by atoms with van der Waals surface area (Å²) < 4.78 is 0. The summed E-state index contributed by atoms with van der Waals surface area (Å²) in [6, 6.07) is 95.6. The van der Waals surface area contributed by atoms with E-state index in [0.717, 1.165) is 68.2 Å². The zero-order valence-electron chi connectivity index (χ0n) is 37.7. The van der Waals surface area contributed by atoms with Crippen LogP contribution in [-0.4, -0.2) is 0 Å². The lowest BCUT2D eigenvalue weighted by atomic mass is 9.82. The Morgan fingerprint density at radius 2 is 0.388 bits per heavy atom. The van der Waals surface area contributed by atoms with Crippen molar-refractivity contribution in [2.75, 3.05) is 19.6 Å². The van der Waals surface area contributed by atoms with E-state index in [2.05, 4.69) is 300 Å². The first-order chi connectivity index (χ1) is 33.0. The van der Waals surface area contributed by atoms with Crippen LogP contribution in [0.5, 0.6) is 0 Å². The SMILES string of the molecule is CC1(C)c2cc(N(c3ccccc3)c3ccc(N(c4ccccc4)c4ccccc4)cc3)ccc2-c2ccc(N(c3ccccc3)c3ccc(N(c4ccccc4)c4ccccc4)cc3)cc21. The minimum absolute atomic E-state index is 0.271. The number of hydrogen-bond acceptors (Lipinski definition) is 4. The molecule has 4 heteroatoms. The maximum Gasteiger partial charge on any atom is 0.0465 e. The average molecular weight is 863 g/mol. The van der Waals surface area contributed by atoms with Crippen molar-refractivity contribution >= 4 is 68.2 Å². The molecule has 1 aliphatic rings. The molecular weight excluding hydrogens is 813 g/mol. The molecule has 67 heavy (non-hydrogen) atoms. The van der Waals surface area contributed by atoms with Gasteiger partial charge in [-0.1, -0.05) is 135 Å². The lowest BCUT2D eigenvalue weighted by Crippen LogP contribution is -2.18. The third-order valence-corrected chi connectivity index (χ3v) is 13.0. The molecule has 0 radical (unpaired) electrons. The van der Waals surface area contributed by atoms with Gasteiger partial charge < -0.3 is 19.6 Å². The van der Waals surface area contributed by atoms with Gasteiger partial charge in [0, 0.05) is 73.7 Å². The standard InChI is InChI=1S/C63H50N4/c1-63(2)61-45-57(66(51-29-17-7-18-30-51)55-37-33-53(34-38-55)64(47-21-9-3-10-22-47)48-23-11-4-12-24-48)41-43-59(61)60-44-42-58(46-62(60)63)67(52-31-19-8-20-32-52)56-39-35-54(36-40-56)65(49-25-13-5-14-26-49)50-27-15-6-16-28-50/h3-46H,1-2H3. The number of rotatable bonds is 12. The highest BCUT2D eigenvalue weighted by atomic mass is 15.2. The monoisotopic (exact) mass is 862 g/mol. The first-order valence-electron chi connectivity index (χ1n) is 23.0. The summed E-state index contributed by atoms with van der Waals surface area (Å²) >= 11 is 0. The van der Waals surface area contributed by atoms with Gasteiger partial charge in [-0.25, -0.2) is 0 Å². The molecule has 11 rings (SSSR count). The van der Waals surface area contributed by atoms with Crippen molar-refractivity contribution in [1.29, 1.82) is 0 Å². The Morgan fingerprint density at radius 3 is 0.612 bits per heavy atom. The van der Waals surface area contributed by atoms with Crippen molar-refractivity contribution in [2.45, 2.75) is 19.3 Å². The Balaban J connectivity index is 0.947. The first kappa shape index (κ1) is 41.1. The Hall–Kier alpha value is -8.60. The summed E-state index contributed by atoms with van der Waals surface area (Å²) in [5.74, 6) is 0. The molecule has 322 valence electrons. The van der Waals surface area contributed by atoms with Gasteiger partial charge >= 0.3 is 0 Å². The predicted octanol–water partition coefficient (Wildman–Crippen LogP) is 17.9. The second kappa shape index (κ2) is 17.8. The van der Waals surface area contributed by atoms with E-state index in [-0.39, 0.29) is 5.41 Å². The van der Waals surface area contributed by atoms with Crippen LogP contribution < -0.4 is 19.6 Å². The maximum atomic E-state index is 2.41. The molecule has 4 nitrogen and oxygen atoms in total. The van der Waals surface area contributed by atoms with Crippen molar-refractivity contribution in [3.8, 4) is 11.1 Å². The predicted molar refractivity (Wildman–Crippen MR) is 283 cm³/mol. The minimum Gasteiger partial charge on any atom is -0.311 e. The van der Waals surface area contributed by atoms with E-state index in [1.54, 1.807) is 0 Å². The molecule has 0 aliphatic heterocycles. The van der Waals surface area contributed by atoms with Crippen LogP contribution in [0.2, 0.25) is 0 Å². The fourth-order valence-corrected chi connectivity index (χ4v) is 9.74. The Labute approximate surface area is 394 Å². The van der Waals surface area contributed by atoms with E-state index < -0.39 is 0 Å². The van der Waals surface area contributed by atoms with Gasteiger partial charge in [-0.15, -0.1) is 0 Å². The molecule has 0 bridgehead atoms. The van der Waals surface area contributed by atoms with Gasteiger partial charge in [0.05, 0.1) is 0 Å². The topological polar surface area (TPSA) is 13.0 Å². The molecule has 0 atom stereocenters. The van der Waals surface area contributed by atoms with E-state index in [0.29, 0.717) is 0 Å². The molecule has 0 saturated heterocycles. The normalized spacial score (nSPS) is 12.1. The van der Waals surface area contributed by atoms with Gasteiger partial charge in [-0.05, 0) is 168 Å². The van der Waals surface area contributed by atoms with Gasteiger partial charge in [-0.3, -0.25) is 0 Å². The summed E-state index contributed by atoms with van der Waals surface area (Å²) in [5.41, 5.74) is 18.2. The number of para-hydroxylation sites is 6. The van der Waals surface area contributed by atoms with Crippen LogP contribution >= 0.6 is 0 Å². The van der Waals surface area contributed by atoms with Crippen LogP contribution in [0.15, 0.2) is 267 Å². The molecule has 0 unspecified atom stereocenters. The van der Waals surface area contributed by atoms with Gasteiger partial charge in [-0.2, -0.15) is 0 Å². The summed E-state index contributed by atoms with van der Waals surface area (Å²) in [6.45, 7) is 4.75. The highest BCUT2D eigenvalue weighted by Crippen LogP contribution is 2.53. The molecule has 1 aliphatic carbocycles. The van der Waals surface area contributed by atoms with Crippen LogP contribution in [0, 0.1) is 0 Å². The third kappa shape index (κ3) is 7.89. The van der Waals surface area contributed by atoms with Crippen molar-refractivity contribution in [1.82, 2.24) is 0 Å². The fraction of sp³-hybridized carbons (Fsp3) is 0.0476. The average Bonchev–Trinajstić information content (AvgIpc) is 3.61. The lowest BCUT2D eigenvalue weighted by Gasteiger charge is -2.30. The Morgan fingerprint density at radius 1 is 0.209 bits per heavy atom. The molecule has 0 amide bonds. The first-order valence-corrected chi connectivity index (χ1v) is 23.0. The van der Waals surface area contributed by atoms with Gasteiger partial charge in [0.1, 0.15) is 0 Å². The summed E-state index contributed by atoms with van der Waals surface area (Å²) in [7, 11) is 0. The highest BCUT2D eigenvalue weighted by Gasteiger charge is 2.37. The molecule has 0 saturated carbocycles. The van der Waals surface area contributed by atoms with Gasteiger partial charge in [0.2, 0.25) is 0 Å². The van der Waals surface area contributed by atoms with Crippen LogP contribution in [-0.2, 0) is 5.41 Å². The van der Waals surface area contributed by atoms with Crippen LogP contribution in [0.25, 0.3) is 11.1 Å². The van der Waals surface area contributed by atoms with E-state index in [1.165, 1.54) is 22.3 Å². The Bertz CT molecular complexity index is 2930. The van der Waals surface area contributed by atoms with E-state index in [4.69, 9.17) is 0 Å². The van der Waals surface area contributed by atoms with Gasteiger partial charge in [0.25, 0.3) is 0 Å². The summed E-state index contributed by atoms with van der Waals surface area (Å²) in [4.78, 5) is 9.36.